The molecule has 0 N–H and O–H groups in total. The van der Waals surface area contributed by atoms with Gasteiger partial charge in [-0.05, 0) is 12.8 Å². The van der Waals surface area contributed by atoms with Crippen molar-refractivity contribution in [3.8, 4) is 0 Å². The Kier molecular flexibility index (Phi) is 8.88. The summed E-state index contributed by atoms with van der Waals surface area (Å²) in [6.07, 6.45) is 2.32. The van der Waals surface area contributed by atoms with Crippen molar-refractivity contribution in [1.82, 2.24) is 0 Å². The second kappa shape index (κ2) is 8.97. The first-order valence-corrected chi connectivity index (χ1v) is 4.44. The first kappa shape index (κ1) is 11.9. The fourth-order valence-electron chi connectivity index (χ4n) is 0.953. The highest BCUT2D eigenvalue weighted by Gasteiger charge is 2.04. The lowest BCUT2D eigenvalue weighted by Gasteiger charge is -2.14. The van der Waals surface area contributed by atoms with Gasteiger partial charge in [-0.3, -0.25) is 0 Å². The monoisotopic (exact) mass is 176 g/mol. The zero-order chi connectivity index (χ0) is 9.23. The maximum atomic E-state index is 5.53. The third kappa shape index (κ3) is 6.58. The lowest BCUT2D eigenvalue weighted by molar-refractivity contribution is 0.000471. The molecule has 0 fully saturated rings. The summed E-state index contributed by atoms with van der Waals surface area (Å²) in [5, 5.41) is 0. The number of hydrogen-bond donors (Lipinski definition) is 0. The van der Waals surface area contributed by atoms with E-state index in [1.54, 1.807) is 14.2 Å². The first-order valence-electron chi connectivity index (χ1n) is 4.44. The van der Waals surface area contributed by atoms with E-state index >= 15 is 0 Å². The lowest BCUT2D eigenvalue weighted by Crippen LogP contribution is -2.16. The van der Waals surface area contributed by atoms with Gasteiger partial charge in [-0.25, -0.2) is 0 Å². The summed E-state index contributed by atoms with van der Waals surface area (Å²) >= 11 is 0. The molecular weight excluding hydrogens is 156 g/mol. The molecule has 0 saturated heterocycles. The van der Waals surface area contributed by atoms with E-state index < -0.39 is 0 Å². The molecule has 0 aliphatic heterocycles. The SMILES string of the molecule is CCC(CCOC)OCCOC. The van der Waals surface area contributed by atoms with Gasteiger partial charge in [-0.1, -0.05) is 6.92 Å². The van der Waals surface area contributed by atoms with E-state index in [0.717, 1.165) is 19.4 Å². The highest BCUT2D eigenvalue weighted by atomic mass is 16.5. The second-order valence-corrected chi connectivity index (χ2v) is 2.68. The van der Waals surface area contributed by atoms with Crippen LogP contribution < -0.4 is 0 Å². The van der Waals surface area contributed by atoms with Crippen LogP contribution in [0.4, 0.5) is 0 Å². The minimum Gasteiger partial charge on any atom is -0.385 e. The molecule has 0 aliphatic rings. The topological polar surface area (TPSA) is 27.7 Å². The Balaban J connectivity index is 3.26. The summed E-state index contributed by atoms with van der Waals surface area (Å²) in [5.74, 6) is 0. The quantitative estimate of drug-likeness (QED) is 0.524. The Bertz CT molecular complexity index is 85.8. The van der Waals surface area contributed by atoms with E-state index in [2.05, 4.69) is 6.92 Å². The van der Waals surface area contributed by atoms with Crippen molar-refractivity contribution >= 4 is 0 Å². The predicted octanol–water partition coefficient (Wildman–Crippen LogP) is 1.46. The Morgan fingerprint density at radius 1 is 1.00 bits per heavy atom. The molecule has 0 aromatic carbocycles. The van der Waals surface area contributed by atoms with Crippen LogP contribution in [0.15, 0.2) is 0 Å². The van der Waals surface area contributed by atoms with Crippen LogP contribution in [0.2, 0.25) is 0 Å². The Hall–Kier alpha value is -0.120. The van der Waals surface area contributed by atoms with E-state index in [9.17, 15) is 0 Å². The van der Waals surface area contributed by atoms with Gasteiger partial charge >= 0.3 is 0 Å². The predicted molar refractivity (Wildman–Crippen MR) is 48.4 cm³/mol. The summed E-state index contributed by atoms with van der Waals surface area (Å²) in [6.45, 7) is 4.24. The molecule has 0 heterocycles. The van der Waals surface area contributed by atoms with Gasteiger partial charge in [0.05, 0.1) is 19.3 Å². The molecular formula is C9H20O3. The van der Waals surface area contributed by atoms with E-state index in [0.29, 0.717) is 19.3 Å². The normalized spacial score (nSPS) is 13.2. The molecule has 0 aliphatic carbocycles. The van der Waals surface area contributed by atoms with Crippen LogP contribution >= 0.6 is 0 Å². The number of hydrogen-bond acceptors (Lipinski definition) is 3. The molecule has 1 atom stereocenters. The average molecular weight is 176 g/mol. The molecule has 3 heteroatoms. The first-order chi connectivity index (χ1) is 5.85. The largest absolute Gasteiger partial charge is 0.385 e. The lowest BCUT2D eigenvalue weighted by atomic mass is 10.2. The maximum Gasteiger partial charge on any atom is 0.0704 e. The third-order valence-electron chi connectivity index (χ3n) is 1.74. The summed E-state index contributed by atoms with van der Waals surface area (Å²) in [5.41, 5.74) is 0. The molecule has 0 rings (SSSR count). The summed E-state index contributed by atoms with van der Waals surface area (Å²) < 4.78 is 15.4. The summed E-state index contributed by atoms with van der Waals surface area (Å²) in [4.78, 5) is 0. The molecule has 0 aromatic rings. The van der Waals surface area contributed by atoms with Crippen LogP contribution in [0.3, 0.4) is 0 Å². The summed E-state index contributed by atoms with van der Waals surface area (Å²) in [7, 11) is 3.39. The van der Waals surface area contributed by atoms with Crippen molar-refractivity contribution < 1.29 is 14.2 Å². The number of methoxy groups -OCH3 is 2. The zero-order valence-electron chi connectivity index (χ0n) is 8.34. The third-order valence-corrected chi connectivity index (χ3v) is 1.74. The Labute approximate surface area is 75.0 Å². The average Bonchev–Trinajstić information content (AvgIpc) is 2.11. The molecule has 12 heavy (non-hydrogen) atoms. The van der Waals surface area contributed by atoms with Crippen LogP contribution in [-0.2, 0) is 14.2 Å². The minimum absolute atomic E-state index is 0.320. The smallest absolute Gasteiger partial charge is 0.0704 e. The van der Waals surface area contributed by atoms with Gasteiger partial charge in [0.15, 0.2) is 0 Å². The fraction of sp³-hybridized carbons (Fsp3) is 1.00. The van der Waals surface area contributed by atoms with Crippen LogP contribution in [0, 0.1) is 0 Å². The van der Waals surface area contributed by atoms with Crippen molar-refractivity contribution in [2.24, 2.45) is 0 Å². The van der Waals surface area contributed by atoms with Gasteiger partial charge < -0.3 is 14.2 Å². The molecule has 0 amide bonds. The van der Waals surface area contributed by atoms with E-state index in [-0.39, 0.29) is 0 Å². The van der Waals surface area contributed by atoms with Crippen LogP contribution in [0.5, 0.6) is 0 Å². The molecule has 0 spiro atoms. The van der Waals surface area contributed by atoms with Gasteiger partial charge in [0.2, 0.25) is 0 Å². The molecule has 3 nitrogen and oxygen atoms in total. The molecule has 0 radical (unpaired) electrons. The van der Waals surface area contributed by atoms with Crippen molar-refractivity contribution in [1.29, 1.82) is 0 Å². The standard InChI is InChI=1S/C9H20O3/c1-4-9(5-6-10-2)12-8-7-11-3/h9H,4-8H2,1-3H3. The van der Waals surface area contributed by atoms with Gasteiger partial charge in [-0.2, -0.15) is 0 Å². The Morgan fingerprint density at radius 3 is 2.17 bits per heavy atom. The molecule has 0 aromatic heterocycles. The van der Waals surface area contributed by atoms with Gasteiger partial charge in [0.25, 0.3) is 0 Å². The van der Waals surface area contributed by atoms with Crippen LogP contribution in [0.1, 0.15) is 19.8 Å². The maximum absolute atomic E-state index is 5.53. The number of ether oxygens (including phenoxy) is 3. The molecule has 1 unspecified atom stereocenters. The van der Waals surface area contributed by atoms with Crippen molar-refractivity contribution in [3.63, 3.8) is 0 Å². The Morgan fingerprint density at radius 2 is 1.67 bits per heavy atom. The van der Waals surface area contributed by atoms with Crippen LogP contribution in [-0.4, -0.2) is 40.1 Å². The van der Waals surface area contributed by atoms with E-state index in [4.69, 9.17) is 14.2 Å². The highest BCUT2D eigenvalue weighted by Crippen LogP contribution is 2.03. The highest BCUT2D eigenvalue weighted by molar-refractivity contribution is 4.54. The van der Waals surface area contributed by atoms with Gasteiger partial charge in [0.1, 0.15) is 0 Å². The second-order valence-electron chi connectivity index (χ2n) is 2.68. The molecule has 0 saturated carbocycles. The van der Waals surface area contributed by atoms with Crippen molar-refractivity contribution in [3.05, 3.63) is 0 Å². The van der Waals surface area contributed by atoms with Crippen LogP contribution in [0.25, 0.3) is 0 Å². The fourth-order valence-corrected chi connectivity index (χ4v) is 0.953. The zero-order valence-corrected chi connectivity index (χ0v) is 8.34. The minimum atomic E-state index is 0.320. The van der Waals surface area contributed by atoms with Crippen molar-refractivity contribution in [2.45, 2.75) is 25.9 Å². The van der Waals surface area contributed by atoms with E-state index in [1.807, 2.05) is 0 Å². The van der Waals surface area contributed by atoms with Gasteiger partial charge in [-0.15, -0.1) is 0 Å². The van der Waals surface area contributed by atoms with Gasteiger partial charge in [0, 0.05) is 20.8 Å². The molecule has 74 valence electrons. The van der Waals surface area contributed by atoms with E-state index in [1.165, 1.54) is 0 Å². The summed E-state index contributed by atoms with van der Waals surface area (Å²) in [6, 6.07) is 0. The van der Waals surface area contributed by atoms with Crippen molar-refractivity contribution in [2.75, 3.05) is 34.0 Å². The molecule has 0 bridgehead atoms. The number of rotatable bonds is 8.